The molecule has 0 atom stereocenters. The van der Waals surface area contributed by atoms with Gasteiger partial charge >= 0.3 is 0 Å². The predicted molar refractivity (Wildman–Crippen MR) is 129 cm³/mol. The van der Waals surface area contributed by atoms with Crippen LogP contribution >= 0.6 is 34.4 Å². The number of hydrogen-bond acceptors (Lipinski definition) is 9. The second kappa shape index (κ2) is 10.0. The summed E-state index contributed by atoms with van der Waals surface area (Å²) in [5.74, 6) is 0.263. The molecule has 162 valence electrons. The Labute approximate surface area is 196 Å². The third-order valence-electron chi connectivity index (χ3n) is 4.34. The van der Waals surface area contributed by atoms with Crippen LogP contribution in [-0.4, -0.2) is 39.7 Å². The number of ketones is 1. The Hall–Kier alpha value is -3.08. The maximum atomic E-state index is 12.8. The zero-order valence-corrected chi connectivity index (χ0v) is 19.6. The normalized spacial score (nSPS) is 10.7. The lowest BCUT2D eigenvalue weighted by molar-refractivity contribution is -0.114. The van der Waals surface area contributed by atoms with Gasteiger partial charge in [-0.15, -0.1) is 32.9 Å². The first kappa shape index (κ1) is 22.1. The fourth-order valence-electron chi connectivity index (χ4n) is 2.92. The van der Waals surface area contributed by atoms with Gasteiger partial charge in [-0.3, -0.25) is 9.59 Å². The molecule has 3 aromatic heterocycles. The molecule has 0 bridgehead atoms. The minimum absolute atomic E-state index is 0.118. The number of thioether (sulfide) groups is 1. The van der Waals surface area contributed by atoms with Crippen molar-refractivity contribution in [1.82, 2.24) is 15.2 Å². The van der Waals surface area contributed by atoms with Gasteiger partial charge in [0, 0.05) is 12.5 Å². The number of carbonyl (C=O) groups excluding carboxylic acids is 2. The number of rotatable bonds is 8. The van der Waals surface area contributed by atoms with Crippen molar-refractivity contribution >= 4 is 51.8 Å². The number of methoxy groups -OCH3 is 1. The summed E-state index contributed by atoms with van der Waals surface area (Å²) in [5.41, 5.74) is 2.40. The van der Waals surface area contributed by atoms with E-state index in [1.807, 2.05) is 35.0 Å². The molecule has 0 unspecified atom stereocenters. The molecule has 0 aliphatic heterocycles. The Morgan fingerprint density at radius 3 is 2.38 bits per heavy atom. The molecule has 0 aliphatic carbocycles. The van der Waals surface area contributed by atoms with Crippen molar-refractivity contribution in [2.24, 2.45) is 0 Å². The van der Waals surface area contributed by atoms with E-state index in [1.165, 1.54) is 25.8 Å². The quantitative estimate of drug-likeness (QED) is 0.270. The molecule has 10 heteroatoms. The van der Waals surface area contributed by atoms with Gasteiger partial charge < -0.3 is 10.1 Å². The highest BCUT2D eigenvalue weighted by molar-refractivity contribution is 7.99. The molecule has 1 amide bonds. The number of amides is 1. The Kier molecular flexibility index (Phi) is 6.93. The van der Waals surface area contributed by atoms with Crippen molar-refractivity contribution in [3.05, 3.63) is 58.8 Å². The molecule has 0 fully saturated rings. The average Bonchev–Trinajstić information content (AvgIpc) is 3.51. The summed E-state index contributed by atoms with van der Waals surface area (Å²) in [7, 11) is 1.51. The number of anilines is 1. The maximum Gasteiger partial charge on any atom is 0.221 e. The molecule has 4 rings (SSSR count). The van der Waals surface area contributed by atoms with Crippen LogP contribution in [0.3, 0.4) is 0 Å². The van der Waals surface area contributed by atoms with E-state index in [1.54, 1.807) is 40.9 Å². The molecule has 7 nitrogen and oxygen atoms in total. The zero-order valence-electron chi connectivity index (χ0n) is 17.2. The van der Waals surface area contributed by atoms with E-state index in [-0.39, 0.29) is 17.4 Å². The summed E-state index contributed by atoms with van der Waals surface area (Å²) in [4.78, 5) is 30.9. The number of carbonyl (C=O) groups is 2. The van der Waals surface area contributed by atoms with Crippen molar-refractivity contribution in [2.45, 2.75) is 12.1 Å². The van der Waals surface area contributed by atoms with E-state index in [0.29, 0.717) is 22.2 Å². The molecule has 4 aromatic rings. The van der Waals surface area contributed by atoms with Crippen molar-refractivity contribution in [3.63, 3.8) is 0 Å². The smallest absolute Gasteiger partial charge is 0.221 e. The van der Waals surface area contributed by atoms with Gasteiger partial charge in [0.15, 0.2) is 5.78 Å². The van der Waals surface area contributed by atoms with E-state index >= 15 is 0 Å². The average molecular weight is 483 g/mol. The number of ether oxygens (including phenoxy) is 1. The molecule has 32 heavy (non-hydrogen) atoms. The number of benzene rings is 1. The van der Waals surface area contributed by atoms with Crippen LogP contribution < -0.4 is 10.1 Å². The zero-order chi connectivity index (χ0) is 22.5. The molecule has 3 heterocycles. The molecule has 0 saturated heterocycles. The summed E-state index contributed by atoms with van der Waals surface area (Å²) in [6.07, 6.45) is 0. The fraction of sp³-hybridized carbons (Fsp3) is 0.136. The lowest BCUT2D eigenvalue weighted by Gasteiger charge is -2.10. The van der Waals surface area contributed by atoms with Crippen LogP contribution in [0.1, 0.15) is 17.3 Å². The highest BCUT2D eigenvalue weighted by Gasteiger charge is 2.17. The monoisotopic (exact) mass is 482 g/mol. The van der Waals surface area contributed by atoms with E-state index < -0.39 is 0 Å². The first-order valence-electron chi connectivity index (χ1n) is 9.49. The van der Waals surface area contributed by atoms with E-state index in [2.05, 4.69) is 15.5 Å². The van der Waals surface area contributed by atoms with Gasteiger partial charge in [0.25, 0.3) is 0 Å². The molecular weight excluding hydrogens is 464 g/mol. The van der Waals surface area contributed by atoms with Crippen LogP contribution in [-0.2, 0) is 4.79 Å². The lowest BCUT2D eigenvalue weighted by Crippen LogP contribution is -2.10. The highest BCUT2D eigenvalue weighted by Crippen LogP contribution is 2.34. The fourth-order valence-corrected chi connectivity index (χ4v) is 5.02. The number of aromatic nitrogens is 3. The predicted octanol–water partition coefficient (Wildman–Crippen LogP) is 5.27. The van der Waals surface area contributed by atoms with Crippen molar-refractivity contribution in [3.8, 4) is 26.9 Å². The summed E-state index contributed by atoms with van der Waals surface area (Å²) < 4.78 is 5.24. The third kappa shape index (κ3) is 5.04. The van der Waals surface area contributed by atoms with Gasteiger partial charge in [-0.05, 0) is 41.1 Å². The third-order valence-corrected chi connectivity index (χ3v) is 6.93. The lowest BCUT2D eigenvalue weighted by atomic mass is 10.1. The van der Waals surface area contributed by atoms with Crippen LogP contribution in [0.25, 0.3) is 21.1 Å². The van der Waals surface area contributed by atoms with E-state index in [4.69, 9.17) is 9.72 Å². The Balaban J connectivity index is 1.55. The molecule has 0 spiro atoms. The Morgan fingerprint density at radius 1 is 1.03 bits per heavy atom. The number of nitrogens with one attached hydrogen (secondary N) is 1. The Bertz CT molecular complexity index is 1240. The summed E-state index contributed by atoms with van der Waals surface area (Å²) in [6, 6.07) is 12.8. The van der Waals surface area contributed by atoms with Gasteiger partial charge in [-0.1, -0.05) is 23.9 Å². The largest absolute Gasteiger partial charge is 0.495 e. The maximum absolute atomic E-state index is 12.8. The first-order valence-corrected chi connectivity index (χ1v) is 12.2. The first-order chi connectivity index (χ1) is 15.5. The van der Waals surface area contributed by atoms with Gasteiger partial charge in [0.05, 0.1) is 28.3 Å². The Morgan fingerprint density at radius 2 is 1.75 bits per heavy atom. The molecule has 0 saturated carbocycles. The second-order valence-electron chi connectivity index (χ2n) is 6.55. The van der Waals surface area contributed by atoms with E-state index in [0.717, 1.165) is 21.1 Å². The number of thiophene rings is 2. The molecular formula is C22H18N4O3S3. The van der Waals surface area contributed by atoms with Crippen LogP contribution in [0.15, 0.2) is 58.4 Å². The number of nitrogens with zero attached hydrogens (tertiary/aromatic N) is 3. The second-order valence-corrected chi connectivity index (χ2v) is 9.39. The standard InChI is InChI=1S/C22H18N4O3S3/c1-13(27)23-15-11-14(7-8-17(15)29-2)16(28)12-32-22-24-20(18-5-3-9-30-18)21(25-26-22)19-6-4-10-31-19/h3-11H,12H2,1-2H3,(H,23,27). The minimum Gasteiger partial charge on any atom is -0.495 e. The van der Waals surface area contributed by atoms with Crippen molar-refractivity contribution in [2.75, 3.05) is 18.2 Å². The molecule has 1 N–H and O–H groups in total. The van der Waals surface area contributed by atoms with Gasteiger partial charge in [-0.2, -0.15) is 0 Å². The van der Waals surface area contributed by atoms with Gasteiger partial charge in [0.2, 0.25) is 11.1 Å². The summed E-state index contributed by atoms with van der Waals surface area (Å²) in [6.45, 7) is 1.40. The summed E-state index contributed by atoms with van der Waals surface area (Å²) >= 11 is 4.38. The van der Waals surface area contributed by atoms with Crippen LogP contribution in [0.4, 0.5) is 5.69 Å². The van der Waals surface area contributed by atoms with Crippen LogP contribution in [0, 0.1) is 0 Å². The van der Waals surface area contributed by atoms with E-state index in [9.17, 15) is 9.59 Å². The topological polar surface area (TPSA) is 94.1 Å². The number of hydrogen-bond donors (Lipinski definition) is 1. The van der Waals surface area contributed by atoms with Crippen molar-refractivity contribution in [1.29, 1.82) is 0 Å². The summed E-state index contributed by atoms with van der Waals surface area (Å²) in [5, 5.41) is 15.7. The van der Waals surface area contributed by atoms with Crippen LogP contribution in [0.5, 0.6) is 5.75 Å². The molecule has 1 aromatic carbocycles. The highest BCUT2D eigenvalue weighted by atomic mass is 32.2. The number of Topliss-reactive ketones (excluding diaryl/α,β-unsaturated/α-hetero) is 1. The molecule has 0 aliphatic rings. The van der Waals surface area contributed by atoms with Gasteiger partial charge in [0.1, 0.15) is 17.1 Å². The van der Waals surface area contributed by atoms with Crippen LogP contribution in [0.2, 0.25) is 0 Å². The van der Waals surface area contributed by atoms with Gasteiger partial charge in [-0.25, -0.2) is 4.98 Å². The minimum atomic E-state index is -0.242. The SMILES string of the molecule is COc1ccc(C(=O)CSc2nnc(-c3cccs3)c(-c3cccs3)n2)cc1NC(C)=O. The van der Waals surface area contributed by atoms with Crippen molar-refractivity contribution < 1.29 is 14.3 Å². The molecule has 0 radical (unpaired) electrons.